The largest absolute Gasteiger partial charge is 0.382 e. The van der Waals surface area contributed by atoms with E-state index in [4.69, 9.17) is 9.47 Å². The van der Waals surface area contributed by atoms with E-state index in [0.29, 0.717) is 13.2 Å². The van der Waals surface area contributed by atoms with Gasteiger partial charge in [0.25, 0.3) is 0 Å². The number of benzene rings is 1. The first kappa shape index (κ1) is 22.1. The Morgan fingerprint density at radius 2 is 1.87 bits per heavy atom. The molecule has 0 amide bonds. The van der Waals surface area contributed by atoms with Crippen molar-refractivity contribution in [2.45, 2.75) is 25.8 Å². The first-order valence-electron chi connectivity index (χ1n) is 7.86. The van der Waals surface area contributed by atoms with Crippen LogP contribution in [0.25, 0.3) is 0 Å². The van der Waals surface area contributed by atoms with Crippen molar-refractivity contribution in [2.24, 2.45) is 4.99 Å². The van der Waals surface area contributed by atoms with Crippen LogP contribution >= 0.6 is 24.0 Å². The van der Waals surface area contributed by atoms with Gasteiger partial charge in [0.05, 0.1) is 19.3 Å². The minimum Gasteiger partial charge on any atom is -0.382 e. The quantitative estimate of drug-likeness (QED) is 0.257. The highest BCUT2D eigenvalue weighted by atomic mass is 127. The van der Waals surface area contributed by atoms with Crippen molar-refractivity contribution in [3.05, 3.63) is 35.9 Å². The number of unbranched alkanes of at least 4 members (excludes halogenated alkanes) is 1. The monoisotopic (exact) mass is 435 g/mol. The van der Waals surface area contributed by atoms with Crippen molar-refractivity contribution in [1.29, 1.82) is 0 Å². The molecule has 1 aromatic carbocycles. The maximum atomic E-state index is 5.43. The average Bonchev–Trinajstić information content (AvgIpc) is 2.56. The molecule has 2 N–H and O–H groups in total. The lowest BCUT2D eigenvalue weighted by molar-refractivity contribution is 0.0689. The molecule has 0 radical (unpaired) electrons. The van der Waals surface area contributed by atoms with E-state index in [9.17, 15) is 0 Å². The molecule has 6 heteroatoms. The Morgan fingerprint density at radius 1 is 1.13 bits per heavy atom. The van der Waals surface area contributed by atoms with Crippen LogP contribution in [0, 0.1) is 0 Å². The highest BCUT2D eigenvalue weighted by Crippen LogP contribution is 2.10. The van der Waals surface area contributed by atoms with Crippen molar-refractivity contribution < 1.29 is 9.47 Å². The zero-order valence-corrected chi connectivity index (χ0v) is 16.7. The molecular formula is C17H30IN3O2. The fourth-order valence-electron chi connectivity index (χ4n) is 2.00. The van der Waals surface area contributed by atoms with Crippen LogP contribution in [0.1, 0.15) is 31.4 Å². The van der Waals surface area contributed by atoms with Crippen LogP contribution in [0.4, 0.5) is 0 Å². The zero-order chi connectivity index (χ0) is 16.0. The Kier molecular flexibility index (Phi) is 14.2. The second-order valence-electron chi connectivity index (χ2n) is 5.09. The Bertz CT molecular complexity index is 416. The second-order valence-corrected chi connectivity index (χ2v) is 5.09. The highest BCUT2D eigenvalue weighted by molar-refractivity contribution is 14.0. The molecular weight excluding hydrogens is 405 g/mol. The molecule has 23 heavy (non-hydrogen) atoms. The number of hydrogen-bond donors (Lipinski definition) is 2. The van der Waals surface area contributed by atoms with Gasteiger partial charge in [0.15, 0.2) is 5.96 Å². The molecule has 1 unspecified atom stereocenters. The fraction of sp³-hybridized carbons (Fsp3) is 0.588. The molecule has 0 heterocycles. The second kappa shape index (κ2) is 14.7. The van der Waals surface area contributed by atoms with Crippen LogP contribution in [0.3, 0.4) is 0 Å². The summed E-state index contributed by atoms with van der Waals surface area (Å²) in [7, 11) is 3.48. The van der Waals surface area contributed by atoms with Crippen LogP contribution in [0.15, 0.2) is 35.3 Å². The summed E-state index contributed by atoms with van der Waals surface area (Å²) >= 11 is 0. The molecule has 0 saturated heterocycles. The van der Waals surface area contributed by atoms with Gasteiger partial charge in [-0.2, -0.15) is 0 Å². The van der Waals surface area contributed by atoms with E-state index in [1.807, 2.05) is 18.2 Å². The van der Waals surface area contributed by atoms with E-state index in [1.165, 1.54) is 5.56 Å². The van der Waals surface area contributed by atoms with Gasteiger partial charge in [-0.3, -0.25) is 4.99 Å². The van der Waals surface area contributed by atoms with Crippen LogP contribution in [-0.2, 0) is 9.47 Å². The number of guanidine groups is 1. The molecule has 0 aliphatic carbocycles. The topological polar surface area (TPSA) is 54.9 Å². The van der Waals surface area contributed by atoms with Crippen molar-refractivity contribution >= 4 is 29.9 Å². The number of ether oxygens (including phenoxy) is 2. The summed E-state index contributed by atoms with van der Waals surface area (Å²) in [5, 5.41) is 6.72. The van der Waals surface area contributed by atoms with E-state index in [2.05, 4.69) is 34.7 Å². The van der Waals surface area contributed by atoms with Crippen LogP contribution in [0.2, 0.25) is 0 Å². The van der Waals surface area contributed by atoms with Crippen molar-refractivity contribution in [3.63, 3.8) is 0 Å². The van der Waals surface area contributed by atoms with Crippen molar-refractivity contribution in [2.75, 3.05) is 40.5 Å². The third-order valence-corrected chi connectivity index (χ3v) is 3.32. The van der Waals surface area contributed by atoms with Crippen molar-refractivity contribution in [1.82, 2.24) is 10.6 Å². The van der Waals surface area contributed by atoms with Gasteiger partial charge in [-0.15, -0.1) is 24.0 Å². The number of nitrogens with one attached hydrogen (secondary N) is 2. The van der Waals surface area contributed by atoms with Crippen molar-refractivity contribution in [3.8, 4) is 0 Å². The van der Waals surface area contributed by atoms with Gasteiger partial charge in [0.2, 0.25) is 0 Å². The van der Waals surface area contributed by atoms with Gasteiger partial charge in [0, 0.05) is 27.3 Å². The summed E-state index contributed by atoms with van der Waals surface area (Å²) in [6, 6.07) is 10.6. The third-order valence-electron chi connectivity index (χ3n) is 3.32. The number of hydrogen-bond acceptors (Lipinski definition) is 3. The smallest absolute Gasteiger partial charge is 0.191 e. The van der Waals surface area contributed by atoms with Gasteiger partial charge >= 0.3 is 0 Å². The normalized spacial score (nSPS) is 12.4. The number of nitrogens with zero attached hydrogens (tertiary/aromatic N) is 1. The van der Waals surface area contributed by atoms with E-state index < -0.39 is 0 Å². The predicted molar refractivity (Wildman–Crippen MR) is 107 cm³/mol. The summed E-state index contributed by atoms with van der Waals surface area (Å²) in [4.78, 5) is 4.26. The minimum absolute atomic E-state index is 0. The molecule has 132 valence electrons. The summed E-state index contributed by atoms with van der Waals surface area (Å²) < 4.78 is 10.4. The summed E-state index contributed by atoms with van der Waals surface area (Å²) in [5.74, 6) is 0.830. The molecule has 0 aromatic heterocycles. The molecule has 1 atom stereocenters. The van der Waals surface area contributed by atoms with Gasteiger partial charge in [0.1, 0.15) is 0 Å². The maximum Gasteiger partial charge on any atom is 0.191 e. The van der Waals surface area contributed by atoms with Gasteiger partial charge in [-0.05, 0) is 25.3 Å². The molecule has 0 fully saturated rings. The van der Waals surface area contributed by atoms with Crippen LogP contribution in [-0.4, -0.2) is 46.5 Å². The molecule has 0 bridgehead atoms. The number of halogens is 1. The summed E-state index contributed by atoms with van der Waals surface area (Å²) in [6.45, 7) is 5.12. The average molecular weight is 435 g/mol. The minimum atomic E-state index is 0. The molecule has 0 aliphatic heterocycles. The lowest BCUT2D eigenvalue weighted by atomic mass is 10.1. The third kappa shape index (κ3) is 10.5. The fourth-order valence-corrected chi connectivity index (χ4v) is 2.00. The zero-order valence-electron chi connectivity index (χ0n) is 14.4. The Morgan fingerprint density at radius 3 is 2.52 bits per heavy atom. The molecule has 0 spiro atoms. The molecule has 5 nitrogen and oxygen atoms in total. The maximum absolute atomic E-state index is 5.43. The van der Waals surface area contributed by atoms with E-state index in [0.717, 1.165) is 32.0 Å². The first-order valence-corrected chi connectivity index (χ1v) is 7.86. The van der Waals surface area contributed by atoms with Crippen LogP contribution < -0.4 is 10.6 Å². The molecule has 1 rings (SSSR count). The van der Waals surface area contributed by atoms with E-state index >= 15 is 0 Å². The first-order chi connectivity index (χ1) is 10.8. The molecule has 1 aromatic rings. The van der Waals surface area contributed by atoms with E-state index in [1.54, 1.807) is 14.2 Å². The lowest BCUT2D eigenvalue weighted by Crippen LogP contribution is -2.39. The van der Waals surface area contributed by atoms with Gasteiger partial charge in [-0.1, -0.05) is 30.3 Å². The van der Waals surface area contributed by atoms with Gasteiger partial charge < -0.3 is 20.1 Å². The number of rotatable bonds is 10. The van der Waals surface area contributed by atoms with Gasteiger partial charge in [-0.25, -0.2) is 0 Å². The summed E-state index contributed by atoms with van der Waals surface area (Å²) in [5.41, 5.74) is 1.25. The van der Waals surface area contributed by atoms with Crippen LogP contribution in [0.5, 0.6) is 0 Å². The molecule has 0 aliphatic rings. The van der Waals surface area contributed by atoms with E-state index in [-0.39, 0.29) is 30.0 Å². The predicted octanol–water partition coefficient (Wildman–Crippen LogP) is 2.97. The number of methoxy groups -OCH3 is 1. The number of aliphatic imine (C=N–C) groups is 1. The Labute approximate surface area is 157 Å². The summed E-state index contributed by atoms with van der Waals surface area (Å²) in [6.07, 6.45) is 2.08. The Hall–Kier alpha value is -0.860. The SMILES string of the molecule is CN=C(NCCCCOCCOC)NC(C)c1ccccc1.I. The molecule has 0 saturated carbocycles. The standard InChI is InChI=1S/C17H29N3O2.HI/c1-15(16-9-5-4-6-10-16)20-17(18-2)19-11-7-8-12-22-14-13-21-3;/h4-6,9-10,15H,7-8,11-14H2,1-3H3,(H2,18,19,20);1H. The highest BCUT2D eigenvalue weighted by Gasteiger charge is 2.06. The lowest BCUT2D eigenvalue weighted by Gasteiger charge is -2.18. The Balaban J connectivity index is 0.00000484.